The number of carbonyl (C=O) groups is 3. The first kappa shape index (κ1) is 18.6. The average Bonchev–Trinajstić information content (AvgIpc) is 3.47. The molecule has 1 N–H and O–H groups in total. The molecule has 152 valence electrons. The summed E-state index contributed by atoms with van der Waals surface area (Å²) in [5.41, 5.74) is 2.78. The van der Waals surface area contributed by atoms with Crippen molar-refractivity contribution in [3.63, 3.8) is 0 Å². The number of benzene rings is 1. The van der Waals surface area contributed by atoms with Gasteiger partial charge in [-0.1, -0.05) is 6.07 Å². The van der Waals surface area contributed by atoms with Crippen molar-refractivity contribution in [3.8, 4) is 0 Å². The molecule has 0 saturated heterocycles. The molecule has 5 rings (SSSR count). The van der Waals surface area contributed by atoms with E-state index in [0.717, 1.165) is 35.6 Å². The Balaban J connectivity index is 1.37. The fourth-order valence-corrected chi connectivity index (χ4v) is 4.53. The number of hydrogen-bond donors (Lipinski definition) is 1. The summed E-state index contributed by atoms with van der Waals surface area (Å²) in [7, 11) is 1.82. The van der Waals surface area contributed by atoms with E-state index in [1.807, 2.05) is 23.9 Å². The van der Waals surface area contributed by atoms with E-state index < -0.39 is 11.7 Å². The van der Waals surface area contributed by atoms with Crippen LogP contribution in [-0.4, -0.2) is 52.4 Å². The first-order chi connectivity index (χ1) is 14.5. The molecule has 4 heterocycles. The lowest BCUT2D eigenvalue weighted by molar-refractivity contribution is -0.112. The number of anilines is 3. The number of fused-ring (bicyclic) bond motifs is 2. The Morgan fingerprint density at radius 3 is 2.80 bits per heavy atom. The number of thiophene rings is 1. The molecule has 2 aliphatic rings. The third-order valence-electron chi connectivity index (χ3n) is 5.46. The Hall–Kier alpha value is -3.46. The van der Waals surface area contributed by atoms with E-state index in [2.05, 4.69) is 21.4 Å². The fraction of sp³-hybridized carbons (Fsp3) is 0.238. The highest BCUT2D eigenvalue weighted by atomic mass is 32.1. The van der Waals surface area contributed by atoms with Crippen molar-refractivity contribution in [1.29, 1.82) is 0 Å². The van der Waals surface area contributed by atoms with Crippen LogP contribution in [0.4, 0.5) is 17.3 Å². The SMILES string of the molecule is CN1CCc2cc(N3CCn4nc(NC(=O)C(=O)c5cccs5)cc43)ccc2C1=O. The van der Waals surface area contributed by atoms with Crippen LogP contribution in [0.5, 0.6) is 0 Å². The molecular formula is C21H19N5O3S. The second-order valence-electron chi connectivity index (χ2n) is 7.34. The van der Waals surface area contributed by atoms with Crippen LogP contribution in [0.25, 0.3) is 0 Å². The number of carbonyl (C=O) groups excluding carboxylic acids is 3. The van der Waals surface area contributed by atoms with Crippen LogP contribution in [0.1, 0.15) is 25.6 Å². The number of nitrogens with zero attached hydrogens (tertiary/aromatic N) is 4. The van der Waals surface area contributed by atoms with Gasteiger partial charge in [0.05, 0.1) is 11.4 Å². The number of ketones is 1. The molecule has 0 spiro atoms. The Morgan fingerprint density at radius 1 is 1.13 bits per heavy atom. The lowest BCUT2D eigenvalue weighted by Gasteiger charge is -2.26. The van der Waals surface area contributed by atoms with Gasteiger partial charge in [-0.25, -0.2) is 4.68 Å². The normalized spacial score (nSPS) is 15.2. The summed E-state index contributed by atoms with van der Waals surface area (Å²) in [4.78, 5) is 41.0. The van der Waals surface area contributed by atoms with Crippen LogP contribution in [0.3, 0.4) is 0 Å². The van der Waals surface area contributed by atoms with Crippen LogP contribution in [0.15, 0.2) is 41.8 Å². The zero-order valence-corrected chi connectivity index (χ0v) is 17.1. The van der Waals surface area contributed by atoms with Crippen LogP contribution in [-0.2, 0) is 17.8 Å². The number of hydrogen-bond acceptors (Lipinski definition) is 6. The maximum Gasteiger partial charge on any atom is 0.298 e. The molecule has 9 heteroatoms. The van der Waals surface area contributed by atoms with Gasteiger partial charge in [-0.05, 0) is 41.6 Å². The molecule has 0 unspecified atom stereocenters. The molecule has 0 saturated carbocycles. The van der Waals surface area contributed by atoms with Gasteiger partial charge in [0.2, 0.25) is 0 Å². The van der Waals surface area contributed by atoms with E-state index in [4.69, 9.17) is 0 Å². The quantitative estimate of drug-likeness (QED) is 0.517. The second-order valence-corrected chi connectivity index (χ2v) is 8.29. The van der Waals surface area contributed by atoms with Gasteiger partial charge in [0.15, 0.2) is 5.82 Å². The van der Waals surface area contributed by atoms with Gasteiger partial charge < -0.3 is 15.1 Å². The van der Waals surface area contributed by atoms with Crippen molar-refractivity contribution in [1.82, 2.24) is 14.7 Å². The average molecular weight is 421 g/mol. The van der Waals surface area contributed by atoms with E-state index in [9.17, 15) is 14.4 Å². The first-order valence-corrected chi connectivity index (χ1v) is 10.5. The molecule has 2 aliphatic heterocycles. The Morgan fingerprint density at radius 2 is 2.00 bits per heavy atom. The maximum atomic E-state index is 12.3. The van der Waals surface area contributed by atoms with E-state index in [0.29, 0.717) is 23.8 Å². The number of Topliss-reactive ketones (excluding diaryl/α,β-unsaturated/α-hetero) is 1. The maximum absolute atomic E-state index is 12.3. The van der Waals surface area contributed by atoms with Crippen molar-refractivity contribution < 1.29 is 14.4 Å². The molecule has 1 aromatic carbocycles. The minimum absolute atomic E-state index is 0.0506. The van der Waals surface area contributed by atoms with Crippen LogP contribution in [0.2, 0.25) is 0 Å². The van der Waals surface area contributed by atoms with Crippen LogP contribution < -0.4 is 10.2 Å². The Bertz CT molecular complexity index is 1170. The van der Waals surface area contributed by atoms with Gasteiger partial charge in [-0.2, -0.15) is 5.10 Å². The highest BCUT2D eigenvalue weighted by Crippen LogP contribution is 2.34. The topological polar surface area (TPSA) is 87.5 Å². The van der Waals surface area contributed by atoms with Gasteiger partial charge in [-0.15, -0.1) is 11.3 Å². The van der Waals surface area contributed by atoms with E-state index in [1.165, 1.54) is 11.3 Å². The van der Waals surface area contributed by atoms with Gasteiger partial charge in [-0.3, -0.25) is 14.4 Å². The number of likely N-dealkylation sites (N-methyl/N-ethyl adjacent to an activating group) is 1. The standard InChI is InChI=1S/C21H19N5O3S/c1-24-7-6-13-11-14(4-5-15(13)21(24)29)25-8-9-26-18(25)12-17(23-26)22-20(28)19(27)16-3-2-10-30-16/h2-5,10-12H,6-9H2,1H3,(H,22,23,28). The summed E-state index contributed by atoms with van der Waals surface area (Å²) in [6, 6.07) is 11.0. The molecule has 3 aromatic rings. The van der Waals surface area contributed by atoms with Gasteiger partial charge in [0.1, 0.15) is 5.82 Å². The van der Waals surface area contributed by atoms with Crippen molar-refractivity contribution in [2.45, 2.75) is 13.0 Å². The van der Waals surface area contributed by atoms with Gasteiger partial charge >= 0.3 is 0 Å². The van der Waals surface area contributed by atoms with E-state index in [-0.39, 0.29) is 5.91 Å². The molecule has 2 amide bonds. The molecule has 0 aliphatic carbocycles. The molecule has 0 radical (unpaired) electrons. The summed E-state index contributed by atoms with van der Waals surface area (Å²) >= 11 is 1.23. The predicted molar refractivity (Wildman–Crippen MR) is 114 cm³/mol. The summed E-state index contributed by atoms with van der Waals surface area (Å²) < 4.78 is 1.81. The van der Waals surface area contributed by atoms with Crippen LogP contribution in [0, 0.1) is 0 Å². The Labute approximate surface area is 176 Å². The largest absolute Gasteiger partial charge is 0.341 e. The molecule has 8 nitrogen and oxygen atoms in total. The van der Waals surface area contributed by atoms with Crippen LogP contribution >= 0.6 is 11.3 Å². The third kappa shape index (κ3) is 3.07. The zero-order chi connectivity index (χ0) is 20.8. The van der Waals surface area contributed by atoms with Gasteiger partial charge in [0, 0.05) is 37.5 Å². The van der Waals surface area contributed by atoms with Crippen molar-refractivity contribution >= 4 is 46.3 Å². The zero-order valence-electron chi connectivity index (χ0n) is 16.3. The number of nitrogens with one attached hydrogen (secondary N) is 1. The summed E-state index contributed by atoms with van der Waals surface area (Å²) in [5, 5.41) is 8.77. The minimum Gasteiger partial charge on any atom is -0.341 e. The molecule has 0 fully saturated rings. The predicted octanol–water partition coefficient (Wildman–Crippen LogP) is 2.55. The minimum atomic E-state index is -0.697. The lowest BCUT2D eigenvalue weighted by atomic mass is 9.98. The van der Waals surface area contributed by atoms with Crippen molar-refractivity contribution in [2.24, 2.45) is 0 Å². The number of amides is 2. The molecule has 30 heavy (non-hydrogen) atoms. The number of rotatable bonds is 4. The van der Waals surface area contributed by atoms with Crippen molar-refractivity contribution in [2.75, 3.05) is 30.4 Å². The molecule has 2 aromatic heterocycles. The van der Waals surface area contributed by atoms with E-state index in [1.54, 1.807) is 28.5 Å². The lowest BCUT2D eigenvalue weighted by Crippen LogP contribution is -2.34. The summed E-state index contributed by atoms with van der Waals surface area (Å²) in [6.07, 6.45) is 0.824. The smallest absolute Gasteiger partial charge is 0.298 e. The monoisotopic (exact) mass is 421 g/mol. The van der Waals surface area contributed by atoms with E-state index >= 15 is 0 Å². The molecular weight excluding hydrogens is 402 g/mol. The van der Waals surface area contributed by atoms with Crippen molar-refractivity contribution in [3.05, 3.63) is 57.8 Å². The number of aromatic nitrogens is 2. The van der Waals surface area contributed by atoms with Gasteiger partial charge in [0.25, 0.3) is 17.6 Å². The summed E-state index contributed by atoms with van der Waals surface area (Å²) in [6.45, 7) is 2.13. The molecule has 0 bridgehead atoms. The highest BCUT2D eigenvalue weighted by molar-refractivity contribution is 7.13. The second kappa shape index (κ2) is 7.10. The Kier molecular flexibility index (Phi) is 4.39. The summed E-state index contributed by atoms with van der Waals surface area (Å²) in [5.74, 6) is -0.0290. The first-order valence-electron chi connectivity index (χ1n) is 9.64. The highest BCUT2D eigenvalue weighted by Gasteiger charge is 2.27. The fourth-order valence-electron chi connectivity index (χ4n) is 3.87. The molecule has 0 atom stereocenters. The third-order valence-corrected chi connectivity index (χ3v) is 6.33.